The molecule has 148 valence electrons. The first kappa shape index (κ1) is 18.7. The Morgan fingerprint density at radius 3 is 2.82 bits per heavy atom. The average molecular weight is 381 g/mol. The van der Waals surface area contributed by atoms with E-state index >= 15 is 0 Å². The minimum absolute atomic E-state index is 0.0240. The number of fused-ring (bicyclic) bond motifs is 1. The third-order valence-electron chi connectivity index (χ3n) is 5.06. The summed E-state index contributed by atoms with van der Waals surface area (Å²) < 4.78 is 7.89. The monoisotopic (exact) mass is 381 g/mol. The van der Waals surface area contributed by atoms with Crippen molar-refractivity contribution < 1.29 is 9.84 Å². The molecule has 0 spiro atoms. The van der Waals surface area contributed by atoms with E-state index in [1.807, 2.05) is 37.3 Å². The van der Waals surface area contributed by atoms with Gasteiger partial charge in [0.05, 0.1) is 24.2 Å². The lowest BCUT2D eigenvalue weighted by Gasteiger charge is -2.24. The molecule has 1 fully saturated rings. The SMILES string of the molecule is Cc1ccc(OCCO)c(Cn2c(NC3CCNCC3)nc3ccccc32)n1. The molecular weight excluding hydrogens is 354 g/mol. The fourth-order valence-corrected chi connectivity index (χ4v) is 3.64. The van der Waals surface area contributed by atoms with E-state index in [1.54, 1.807) is 0 Å². The summed E-state index contributed by atoms with van der Waals surface area (Å²) in [6.07, 6.45) is 2.16. The predicted octanol–water partition coefficient (Wildman–Crippen LogP) is 2.32. The van der Waals surface area contributed by atoms with Gasteiger partial charge in [0.15, 0.2) is 0 Å². The van der Waals surface area contributed by atoms with Crippen molar-refractivity contribution in [1.29, 1.82) is 0 Å². The second-order valence-corrected chi connectivity index (χ2v) is 7.15. The molecule has 28 heavy (non-hydrogen) atoms. The average Bonchev–Trinajstić information content (AvgIpc) is 3.05. The highest BCUT2D eigenvalue weighted by Crippen LogP contribution is 2.25. The molecule has 7 nitrogen and oxygen atoms in total. The van der Waals surface area contributed by atoms with Crippen LogP contribution in [0.25, 0.3) is 11.0 Å². The lowest BCUT2D eigenvalue weighted by molar-refractivity contribution is 0.199. The van der Waals surface area contributed by atoms with E-state index in [0.717, 1.165) is 54.3 Å². The summed E-state index contributed by atoms with van der Waals surface area (Å²) in [6, 6.07) is 12.4. The number of rotatable bonds is 7. The molecule has 1 aliphatic heterocycles. The van der Waals surface area contributed by atoms with Crippen molar-refractivity contribution in [3.63, 3.8) is 0 Å². The molecule has 0 radical (unpaired) electrons. The van der Waals surface area contributed by atoms with Crippen LogP contribution in [-0.4, -0.2) is 52.0 Å². The molecule has 0 amide bonds. The van der Waals surface area contributed by atoms with Gasteiger partial charge in [0, 0.05) is 11.7 Å². The van der Waals surface area contributed by atoms with Gasteiger partial charge in [-0.3, -0.25) is 4.98 Å². The number of hydrogen-bond acceptors (Lipinski definition) is 6. The highest BCUT2D eigenvalue weighted by molar-refractivity contribution is 5.78. The van der Waals surface area contributed by atoms with Gasteiger partial charge in [0.1, 0.15) is 18.1 Å². The van der Waals surface area contributed by atoms with Crippen molar-refractivity contribution in [2.24, 2.45) is 0 Å². The molecule has 3 aromatic rings. The number of para-hydroxylation sites is 2. The zero-order chi connectivity index (χ0) is 19.3. The van der Waals surface area contributed by atoms with Gasteiger partial charge in [0.25, 0.3) is 0 Å². The Kier molecular flexibility index (Phi) is 5.73. The van der Waals surface area contributed by atoms with Gasteiger partial charge in [-0.05, 0) is 57.1 Å². The number of imidazole rings is 1. The predicted molar refractivity (Wildman–Crippen MR) is 110 cm³/mol. The van der Waals surface area contributed by atoms with Gasteiger partial charge in [-0.1, -0.05) is 12.1 Å². The van der Waals surface area contributed by atoms with Crippen molar-refractivity contribution in [1.82, 2.24) is 19.9 Å². The molecule has 1 aliphatic rings. The minimum Gasteiger partial charge on any atom is -0.489 e. The minimum atomic E-state index is -0.0240. The molecule has 0 saturated carbocycles. The Balaban J connectivity index is 1.69. The number of hydrogen-bond donors (Lipinski definition) is 3. The molecule has 3 N–H and O–H groups in total. The van der Waals surface area contributed by atoms with E-state index in [4.69, 9.17) is 19.8 Å². The second kappa shape index (κ2) is 8.58. The fourth-order valence-electron chi connectivity index (χ4n) is 3.64. The van der Waals surface area contributed by atoms with E-state index in [2.05, 4.69) is 21.3 Å². The third kappa shape index (κ3) is 4.10. The first-order chi connectivity index (χ1) is 13.7. The van der Waals surface area contributed by atoms with Crippen molar-refractivity contribution in [2.75, 3.05) is 31.6 Å². The van der Waals surface area contributed by atoms with Gasteiger partial charge in [0.2, 0.25) is 5.95 Å². The number of pyridine rings is 1. The Morgan fingerprint density at radius 2 is 2.00 bits per heavy atom. The normalized spacial score (nSPS) is 15.1. The van der Waals surface area contributed by atoms with Crippen molar-refractivity contribution in [3.05, 3.63) is 47.8 Å². The lowest BCUT2D eigenvalue weighted by atomic mass is 10.1. The Bertz CT molecular complexity index is 934. The van der Waals surface area contributed by atoms with Crippen LogP contribution in [0.5, 0.6) is 5.75 Å². The van der Waals surface area contributed by atoms with Crippen LogP contribution in [0.3, 0.4) is 0 Å². The summed E-state index contributed by atoms with van der Waals surface area (Å²) in [5.74, 6) is 1.56. The maximum Gasteiger partial charge on any atom is 0.204 e. The van der Waals surface area contributed by atoms with Crippen LogP contribution in [-0.2, 0) is 6.54 Å². The summed E-state index contributed by atoms with van der Waals surface area (Å²) >= 11 is 0. The fraction of sp³-hybridized carbons (Fsp3) is 0.429. The smallest absolute Gasteiger partial charge is 0.204 e. The first-order valence-corrected chi connectivity index (χ1v) is 9.87. The van der Waals surface area contributed by atoms with Crippen molar-refractivity contribution in [3.8, 4) is 5.75 Å². The standard InChI is InChI=1S/C21H27N5O2/c1-15-6-7-20(28-13-12-27)18(23-15)14-26-19-5-3-2-4-17(19)25-21(26)24-16-8-10-22-11-9-16/h2-7,16,22,27H,8-14H2,1H3,(H,24,25). The molecule has 0 unspecified atom stereocenters. The lowest BCUT2D eigenvalue weighted by Crippen LogP contribution is -2.36. The molecule has 1 saturated heterocycles. The van der Waals surface area contributed by atoms with Gasteiger partial charge in [-0.15, -0.1) is 0 Å². The number of ether oxygens (including phenoxy) is 1. The quantitative estimate of drug-likeness (QED) is 0.583. The molecule has 4 rings (SSSR count). The van der Waals surface area contributed by atoms with Crippen LogP contribution in [0.2, 0.25) is 0 Å². The van der Waals surface area contributed by atoms with Crippen LogP contribution in [0, 0.1) is 6.92 Å². The summed E-state index contributed by atoms with van der Waals surface area (Å²) in [7, 11) is 0. The van der Waals surface area contributed by atoms with Crippen LogP contribution in [0.4, 0.5) is 5.95 Å². The molecule has 0 atom stereocenters. The van der Waals surface area contributed by atoms with Gasteiger partial charge in [-0.25, -0.2) is 4.98 Å². The second-order valence-electron chi connectivity index (χ2n) is 7.15. The zero-order valence-electron chi connectivity index (χ0n) is 16.2. The summed E-state index contributed by atoms with van der Waals surface area (Å²) in [6.45, 7) is 4.80. The number of anilines is 1. The Morgan fingerprint density at radius 1 is 1.18 bits per heavy atom. The number of benzene rings is 1. The number of aromatic nitrogens is 3. The molecule has 0 bridgehead atoms. The molecule has 1 aromatic carbocycles. The van der Waals surface area contributed by atoms with Gasteiger partial charge < -0.3 is 25.0 Å². The largest absolute Gasteiger partial charge is 0.489 e. The Labute approximate surface area is 164 Å². The van der Waals surface area contributed by atoms with E-state index in [-0.39, 0.29) is 13.2 Å². The summed E-state index contributed by atoms with van der Waals surface area (Å²) in [4.78, 5) is 9.54. The highest BCUT2D eigenvalue weighted by Gasteiger charge is 2.19. The van der Waals surface area contributed by atoms with Crippen LogP contribution in [0.1, 0.15) is 24.2 Å². The number of piperidine rings is 1. The van der Waals surface area contributed by atoms with Gasteiger partial charge >= 0.3 is 0 Å². The van der Waals surface area contributed by atoms with E-state index < -0.39 is 0 Å². The van der Waals surface area contributed by atoms with Crippen LogP contribution >= 0.6 is 0 Å². The molecular formula is C21H27N5O2. The first-order valence-electron chi connectivity index (χ1n) is 9.87. The summed E-state index contributed by atoms with van der Waals surface area (Å²) in [5.41, 5.74) is 3.80. The van der Waals surface area contributed by atoms with Crippen molar-refractivity contribution in [2.45, 2.75) is 32.4 Å². The zero-order valence-corrected chi connectivity index (χ0v) is 16.2. The molecule has 2 aromatic heterocycles. The maximum absolute atomic E-state index is 9.12. The number of nitrogens with one attached hydrogen (secondary N) is 2. The topological polar surface area (TPSA) is 84.2 Å². The maximum atomic E-state index is 9.12. The number of aryl methyl sites for hydroxylation is 1. The van der Waals surface area contributed by atoms with E-state index in [9.17, 15) is 0 Å². The third-order valence-corrected chi connectivity index (χ3v) is 5.06. The molecule has 7 heteroatoms. The number of aliphatic hydroxyl groups is 1. The van der Waals surface area contributed by atoms with E-state index in [0.29, 0.717) is 18.3 Å². The van der Waals surface area contributed by atoms with Gasteiger partial charge in [-0.2, -0.15) is 0 Å². The molecule has 3 heterocycles. The highest BCUT2D eigenvalue weighted by atomic mass is 16.5. The molecule has 0 aliphatic carbocycles. The number of aliphatic hydroxyl groups excluding tert-OH is 1. The van der Waals surface area contributed by atoms with E-state index in [1.165, 1.54) is 0 Å². The van der Waals surface area contributed by atoms with Crippen LogP contribution in [0.15, 0.2) is 36.4 Å². The van der Waals surface area contributed by atoms with Crippen molar-refractivity contribution >= 4 is 17.0 Å². The summed E-state index contributed by atoms with van der Waals surface area (Å²) in [5, 5.41) is 16.2. The van der Waals surface area contributed by atoms with Crippen LogP contribution < -0.4 is 15.4 Å². The number of nitrogens with zero attached hydrogens (tertiary/aromatic N) is 3. The Hall–Kier alpha value is -2.64.